The molecule has 154 valence electrons. The van der Waals surface area contributed by atoms with Gasteiger partial charge in [0.15, 0.2) is 0 Å². The Balaban J connectivity index is 1.30. The van der Waals surface area contributed by atoms with Gasteiger partial charge in [-0.2, -0.15) is 0 Å². The number of nitrogens with one attached hydrogen (secondary N) is 1. The number of aromatic amines is 1. The van der Waals surface area contributed by atoms with Crippen LogP contribution in [-0.4, -0.2) is 51.5 Å². The fraction of sp³-hybridized carbons (Fsp3) is 0.364. The van der Waals surface area contributed by atoms with Crippen molar-refractivity contribution in [2.75, 3.05) is 31.1 Å². The molecule has 0 atom stereocenters. The molecule has 1 amide bonds. The van der Waals surface area contributed by atoms with Crippen molar-refractivity contribution in [2.45, 2.75) is 19.4 Å². The largest absolute Gasteiger partial charge is 0.368 e. The summed E-state index contributed by atoms with van der Waals surface area (Å²) in [7, 11) is 0. The van der Waals surface area contributed by atoms with Gasteiger partial charge in [0.05, 0.1) is 17.2 Å². The lowest BCUT2D eigenvalue weighted by atomic mass is 10.2. The lowest BCUT2D eigenvalue weighted by Crippen LogP contribution is -2.49. The van der Waals surface area contributed by atoms with Crippen LogP contribution >= 0.6 is 0 Å². The Morgan fingerprint density at radius 2 is 1.87 bits per heavy atom. The zero-order valence-corrected chi connectivity index (χ0v) is 16.6. The second-order valence-electron chi connectivity index (χ2n) is 8.05. The topological polar surface area (TPSA) is 91.3 Å². The summed E-state index contributed by atoms with van der Waals surface area (Å²) in [5.41, 5.74) is 1.75. The van der Waals surface area contributed by atoms with E-state index in [1.807, 2.05) is 18.2 Å². The van der Waals surface area contributed by atoms with E-state index in [0.29, 0.717) is 48.7 Å². The van der Waals surface area contributed by atoms with Gasteiger partial charge in [-0.25, -0.2) is 4.98 Å². The van der Waals surface area contributed by atoms with E-state index in [-0.39, 0.29) is 17.0 Å². The number of carbonyl (C=O) groups excluding carboxylic acids is 1. The maximum atomic E-state index is 12.7. The standard InChI is InChI=1S/C22H23N5O3/c28-20-3-1-2-18(24-20)22(30)26-10-8-25(9-11-26)16-6-7-17-19(12-16)23-14-27(21(17)29)13-15-4-5-15/h1-3,6-7,12,14-15H,4-5,8-11,13H2,(H,24,28). The highest BCUT2D eigenvalue weighted by Gasteiger charge is 2.24. The maximum Gasteiger partial charge on any atom is 0.270 e. The molecule has 1 aromatic carbocycles. The minimum Gasteiger partial charge on any atom is -0.368 e. The van der Waals surface area contributed by atoms with Crippen LogP contribution in [0.2, 0.25) is 0 Å². The van der Waals surface area contributed by atoms with Crippen molar-refractivity contribution in [3.05, 3.63) is 69.1 Å². The number of fused-ring (bicyclic) bond motifs is 1. The van der Waals surface area contributed by atoms with Crippen LogP contribution in [0.25, 0.3) is 10.9 Å². The first kappa shape index (κ1) is 18.6. The monoisotopic (exact) mass is 405 g/mol. The van der Waals surface area contributed by atoms with Crippen LogP contribution in [0.4, 0.5) is 5.69 Å². The minimum absolute atomic E-state index is 0.0192. The number of benzene rings is 1. The average molecular weight is 405 g/mol. The number of H-pyrrole nitrogens is 1. The normalized spacial score (nSPS) is 16.8. The minimum atomic E-state index is -0.278. The first-order chi connectivity index (χ1) is 14.6. The number of aromatic nitrogens is 3. The molecule has 0 radical (unpaired) electrons. The fourth-order valence-electron chi connectivity index (χ4n) is 3.96. The lowest BCUT2D eigenvalue weighted by Gasteiger charge is -2.36. The van der Waals surface area contributed by atoms with Crippen molar-refractivity contribution < 1.29 is 4.79 Å². The van der Waals surface area contributed by atoms with Crippen LogP contribution in [0.5, 0.6) is 0 Å². The fourth-order valence-corrected chi connectivity index (χ4v) is 3.96. The third kappa shape index (κ3) is 3.60. The third-order valence-corrected chi connectivity index (χ3v) is 5.89. The number of piperazine rings is 1. The molecular formula is C22H23N5O3. The van der Waals surface area contributed by atoms with Crippen molar-refractivity contribution in [3.63, 3.8) is 0 Å². The molecule has 2 aliphatic rings. The molecule has 1 saturated carbocycles. The first-order valence-corrected chi connectivity index (χ1v) is 10.3. The van der Waals surface area contributed by atoms with Crippen molar-refractivity contribution >= 4 is 22.5 Å². The Bertz CT molecular complexity index is 1220. The summed E-state index contributed by atoms with van der Waals surface area (Å²) >= 11 is 0. The summed E-state index contributed by atoms with van der Waals surface area (Å²) in [6, 6.07) is 10.4. The predicted molar refractivity (Wildman–Crippen MR) is 114 cm³/mol. The molecule has 1 N–H and O–H groups in total. The number of carbonyl (C=O) groups is 1. The van der Waals surface area contributed by atoms with Crippen molar-refractivity contribution in [3.8, 4) is 0 Å². The summed E-state index contributed by atoms with van der Waals surface area (Å²) in [5.74, 6) is 0.456. The molecule has 2 fully saturated rings. The smallest absolute Gasteiger partial charge is 0.270 e. The Kier molecular flexibility index (Phi) is 4.61. The van der Waals surface area contributed by atoms with E-state index in [1.165, 1.54) is 18.9 Å². The van der Waals surface area contributed by atoms with Gasteiger partial charge in [0, 0.05) is 44.5 Å². The molecule has 3 heterocycles. The second-order valence-corrected chi connectivity index (χ2v) is 8.05. The molecule has 30 heavy (non-hydrogen) atoms. The van der Waals surface area contributed by atoms with E-state index in [1.54, 1.807) is 27.9 Å². The Morgan fingerprint density at radius 3 is 2.60 bits per heavy atom. The third-order valence-electron chi connectivity index (χ3n) is 5.89. The first-order valence-electron chi connectivity index (χ1n) is 10.3. The number of nitrogens with zero attached hydrogens (tertiary/aromatic N) is 4. The van der Waals surface area contributed by atoms with Gasteiger partial charge in [-0.15, -0.1) is 0 Å². The molecule has 5 rings (SSSR count). The Labute approximate surface area is 172 Å². The van der Waals surface area contributed by atoms with Crippen molar-refractivity contribution in [1.29, 1.82) is 0 Å². The quantitative estimate of drug-likeness (QED) is 0.710. The van der Waals surface area contributed by atoms with Crippen LogP contribution in [0.15, 0.2) is 52.3 Å². The number of anilines is 1. The molecule has 0 bridgehead atoms. The maximum absolute atomic E-state index is 12.7. The van der Waals surface area contributed by atoms with Crippen LogP contribution in [0.3, 0.4) is 0 Å². The van der Waals surface area contributed by atoms with Crippen LogP contribution in [-0.2, 0) is 6.54 Å². The van der Waals surface area contributed by atoms with Gasteiger partial charge < -0.3 is 14.8 Å². The molecule has 8 heteroatoms. The van der Waals surface area contributed by atoms with Gasteiger partial charge in [0.25, 0.3) is 11.5 Å². The average Bonchev–Trinajstić information content (AvgIpc) is 3.59. The van der Waals surface area contributed by atoms with E-state index in [0.717, 1.165) is 12.2 Å². The second kappa shape index (κ2) is 7.44. The SMILES string of the molecule is O=C(c1cccc(=O)[nH]1)N1CCN(c2ccc3c(=O)n(CC4CC4)cnc3c2)CC1. The highest BCUT2D eigenvalue weighted by Crippen LogP contribution is 2.30. The molecule has 1 aliphatic heterocycles. The summed E-state index contributed by atoms with van der Waals surface area (Å²) in [6.07, 6.45) is 4.04. The predicted octanol–water partition coefficient (Wildman–Crippen LogP) is 1.46. The molecule has 1 saturated heterocycles. The van der Waals surface area contributed by atoms with E-state index in [4.69, 9.17) is 0 Å². The summed E-state index contributed by atoms with van der Waals surface area (Å²) < 4.78 is 1.72. The number of rotatable bonds is 4. The number of hydrogen-bond acceptors (Lipinski definition) is 5. The summed E-state index contributed by atoms with van der Waals surface area (Å²) in [5, 5.41) is 0.642. The number of hydrogen-bond donors (Lipinski definition) is 1. The van der Waals surface area contributed by atoms with Gasteiger partial charge in [0.2, 0.25) is 5.56 Å². The molecule has 0 spiro atoms. The molecule has 1 aliphatic carbocycles. The van der Waals surface area contributed by atoms with E-state index < -0.39 is 0 Å². The van der Waals surface area contributed by atoms with E-state index in [2.05, 4.69) is 14.9 Å². The zero-order valence-electron chi connectivity index (χ0n) is 16.6. The molecular weight excluding hydrogens is 382 g/mol. The Morgan fingerprint density at radius 1 is 1.07 bits per heavy atom. The van der Waals surface area contributed by atoms with Gasteiger partial charge in [-0.05, 0) is 43.0 Å². The summed E-state index contributed by atoms with van der Waals surface area (Å²) in [6.45, 7) is 3.22. The molecule has 2 aromatic heterocycles. The molecule has 8 nitrogen and oxygen atoms in total. The van der Waals surface area contributed by atoms with Gasteiger partial charge >= 0.3 is 0 Å². The van der Waals surface area contributed by atoms with Crippen molar-refractivity contribution in [1.82, 2.24) is 19.4 Å². The van der Waals surface area contributed by atoms with Crippen LogP contribution in [0, 0.1) is 5.92 Å². The van der Waals surface area contributed by atoms with E-state index in [9.17, 15) is 14.4 Å². The van der Waals surface area contributed by atoms with Gasteiger partial charge in [-0.3, -0.25) is 19.0 Å². The number of amides is 1. The highest BCUT2D eigenvalue weighted by molar-refractivity contribution is 5.92. The molecule has 0 unspecified atom stereocenters. The summed E-state index contributed by atoms with van der Waals surface area (Å²) in [4.78, 5) is 47.8. The van der Waals surface area contributed by atoms with Gasteiger partial charge in [0.1, 0.15) is 5.69 Å². The highest BCUT2D eigenvalue weighted by atomic mass is 16.2. The van der Waals surface area contributed by atoms with Crippen molar-refractivity contribution in [2.24, 2.45) is 5.92 Å². The molecule has 3 aromatic rings. The van der Waals surface area contributed by atoms with Crippen LogP contribution in [0.1, 0.15) is 23.3 Å². The Hall–Kier alpha value is -3.42. The number of pyridine rings is 1. The van der Waals surface area contributed by atoms with E-state index >= 15 is 0 Å². The zero-order chi connectivity index (χ0) is 20.7. The lowest BCUT2D eigenvalue weighted by molar-refractivity contribution is 0.0740. The van der Waals surface area contributed by atoms with Gasteiger partial charge in [-0.1, -0.05) is 6.07 Å². The van der Waals surface area contributed by atoms with Crippen LogP contribution < -0.4 is 16.0 Å².